The van der Waals surface area contributed by atoms with E-state index >= 15 is 0 Å². The lowest BCUT2D eigenvalue weighted by Crippen LogP contribution is -2.51. The Kier molecular flexibility index (Phi) is 7.49. The number of carbonyl (C=O) groups excluding carboxylic acids is 1. The van der Waals surface area contributed by atoms with Crippen molar-refractivity contribution < 1.29 is 9.53 Å². The highest BCUT2D eigenvalue weighted by Crippen LogP contribution is 2.28. The van der Waals surface area contributed by atoms with E-state index in [1.54, 1.807) is 0 Å². The molecule has 21 heavy (non-hydrogen) atoms. The Bertz CT molecular complexity index is 465. The minimum Gasteiger partial charge on any atom is -0.492 e. The standard InChI is InChI=1S/C15H21BrN2O2.ClH/c16-12-5-1-2-6-13(12)20-10-7-14(19)18-15(11-17)8-3-4-9-15;/h1-2,5-6H,3-4,7-11,17H2,(H,18,19);1H. The number of rotatable bonds is 6. The van der Waals surface area contributed by atoms with Crippen molar-refractivity contribution in [1.82, 2.24) is 5.32 Å². The summed E-state index contributed by atoms with van der Waals surface area (Å²) in [5.74, 6) is 0.777. The molecular weight excluding hydrogens is 356 g/mol. The number of hydrogen-bond donors (Lipinski definition) is 2. The van der Waals surface area contributed by atoms with Crippen LogP contribution in [0.25, 0.3) is 0 Å². The number of benzene rings is 1. The lowest BCUT2D eigenvalue weighted by molar-refractivity contribution is -0.123. The lowest BCUT2D eigenvalue weighted by Gasteiger charge is -2.28. The molecule has 0 bridgehead atoms. The minimum absolute atomic E-state index is 0. The fourth-order valence-corrected chi connectivity index (χ4v) is 3.00. The summed E-state index contributed by atoms with van der Waals surface area (Å²) in [6, 6.07) is 7.62. The van der Waals surface area contributed by atoms with Crippen molar-refractivity contribution in [2.75, 3.05) is 13.2 Å². The summed E-state index contributed by atoms with van der Waals surface area (Å²) in [7, 11) is 0. The maximum Gasteiger partial charge on any atom is 0.223 e. The van der Waals surface area contributed by atoms with E-state index in [0.717, 1.165) is 35.9 Å². The van der Waals surface area contributed by atoms with Gasteiger partial charge in [-0.05, 0) is 40.9 Å². The quantitative estimate of drug-likeness (QED) is 0.801. The van der Waals surface area contributed by atoms with Gasteiger partial charge in [0.15, 0.2) is 0 Å². The van der Waals surface area contributed by atoms with E-state index in [1.165, 1.54) is 0 Å². The molecule has 1 saturated carbocycles. The van der Waals surface area contributed by atoms with Crippen LogP contribution in [0, 0.1) is 0 Å². The Balaban J connectivity index is 0.00000220. The minimum atomic E-state index is -0.176. The normalized spacial score (nSPS) is 16.1. The molecule has 0 radical (unpaired) electrons. The molecule has 0 saturated heterocycles. The molecule has 1 fully saturated rings. The number of ether oxygens (including phenoxy) is 1. The molecule has 0 aliphatic heterocycles. The molecule has 2 rings (SSSR count). The van der Waals surface area contributed by atoms with E-state index in [2.05, 4.69) is 21.2 Å². The Morgan fingerprint density at radius 1 is 1.33 bits per heavy atom. The Hall–Kier alpha value is -0.780. The highest BCUT2D eigenvalue weighted by molar-refractivity contribution is 9.10. The third-order valence-electron chi connectivity index (χ3n) is 3.78. The van der Waals surface area contributed by atoms with Gasteiger partial charge >= 0.3 is 0 Å². The summed E-state index contributed by atoms with van der Waals surface area (Å²) >= 11 is 3.41. The molecule has 0 unspecified atom stereocenters. The van der Waals surface area contributed by atoms with Crippen LogP contribution in [0.2, 0.25) is 0 Å². The summed E-state index contributed by atoms with van der Waals surface area (Å²) < 4.78 is 6.50. The van der Waals surface area contributed by atoms with Crippen molar-refractivity contribution in [3.63, 3.8) is 0 Å². The first-order valence-corrected chi connectivity index (χ1v) is 7.83. The van der Waals surface area contributed by atoms with Crippen LogP contribution in [0.15, 0.2) is 28.7 Å². The SMILES string of the molecule is Cl.NCC1(NC(=O)CCOc2ccccc2Br)CCCC1. The van der Waals surface area contributed by atoms with Gasteiger partial charge in [-0.15, -0.1) is 12.4 Å². The van der Waals surface area contributed by atoms with Gasteiger partial charge in [-0.3, -0.25) is 4.79 Å². The summed E-state index contributed by atoms with van der Waals surface area (Å²) in [6.45, 7) is 0.888. The molecule has 4 nitrogen and oxygen atoms in total. The van der Waals surface area contributed by atoms with Gasteiger partial charge < -0.3 is 15.8 Å². The molecule has 1 aromatic carbocycles. The molecule has 1 aromatic rings. The summed E-state index contributed by atoms with van der Waals surface area (Å²) in [5, 5.41) is 3.09. The highest BCUT2D eigenvalue weighted by Gasteiger charge is 2.33. The highest BCUT2D eigenvalue weighted by atomic mass is 79.9. The van der Waals surface area contributed by atoms with Crippen LogP contribution in [-0.2, 0) is 4.79 Å². The van der Waals surface area contributed by atoms with E-state index in [9.17, 15) is 4.79 Å². The van der Waals surface area contributed by atoms with Crippen LogP contribution >= 0.6 is 28.3 Å². The fraction of sp³-hybridized carbons (Fsp3) is 0.533. The van der Waals surface area contributed by atoms with Crippen molar-refractivity contribution in [1.29, 1.82) is 0 Å². The number of nitrogens with one attached hydrogen (secondary N) is 1. The van der Waals surface area contributed by atoms with Crippen molar-refractivity contribution in [3.8, 4) is 5.75 Å². The smallest absolute Gasteiger partial charge is 0.223 e. The van der Waals surface area contributed by atoms with Gasteiger partial charge in [0.2, 0.25) is 5.91 Å². The van der Waals surface area contributed by atoms with E-state index in [0.29, 0.717) is 19.6 Å². The van der Waals surface area contributed by atoms with Crippen LogP contribution in [0.1, 0.15) is 32.1 Å². The van der Waals surface area contributed by atoms with Gasteiger partial charge in [-0.2, -0.15) is 0 Å². The van der Waals surface area contributed by atoms with Crippen LogP contribution < -0.4 is 15.8 Å². The molecule has 0 heterocycles. The molecule has 6 heteroatoms. The van der Waals surface area contributed by atoms with Crippen LogP contribution in [0.4, 0.5) is 0 Å². The number of amides is 1. The van der Waals surface area contributed by atoms with Crippen LogP contribution in [0.5, 0.6) is 5.75 Å². The number of hydrogen-bond acceptors (Lipinski definition) is 3. The Morgan fingerprint density at radius 2 is 2.00 bits per heavy atom. The van der Waals surface area contributed by atoms with Crippen LogP contribution in [0.3, 0.4) is 0 Å². The second-order valence-electron chi connectivity index (χ2n) is 5.27. The average molecular weight is 378 g/mol. The molecular formula is C15H22BrClN2O2. The molecule has 0 atom stereocenters. The number of halogens is 2. The van der Waals surface area contributed by atoms with Crippen molar-refractivity contribution in [2.45, 2.75) is 37.6 Å². The van der Waals surface area contributed by atoms with Gasteiger partial charge in [0.05, 0.1) is 23.0 Å². The predicted octanol–water partition coefficient (Wildman–Crippen LogP) is 3.03. The van der Waals surface area contributed by atoms with Crippen molar-refractivity contribution >= 4 is 34.2 Å². The third-order valence-corrected chi connectivity index (χ3v) is 4.43. The zero-order valence-electron chi connectivity index (χ0n) is 11.9. The topological polar surface area (TPSA) is 64.3 Å². The second-order valence-corrected chi connectivity index (χ2v) is 6.12. The van der Waals surface area contributed by atoms with Crippen molar-refractivity contribution in [3.05, 3.63) is 28.7 Å². The Labute approximate surface area is 140 Å². The molecule has 1 aliphatic rings. The molecule has 1 aliphatic carbocycles. The number of carbonyl (C=O) groups is 1. The van der Waals surface area contributed by atoms with Gasteiger partial charge in [-0.25, -0.2) is 0 Å². The van der Waals surface area contributed by atoms with Crippen LogP contribution in [-0.4, -0.2) is 24.6 Å². The summed E-state index contributed by atoms with van der Waals surface area (Å²) in [6.07, 6.45) is 4.61. The first-order valence-electron chi connectivity index (χ1n) is 7.04. The maximum atomic E-state index is 12.0. The van der Waals surface area contributed by atoms with E-state index in [4.69, 9.17) is 10.5 Å². The van der Waals surface area contributed by atoms with Crippen molar-refractivity contribution in [2.24, 2.45) is 5.73 Å². The van der Waals surface area contributed by atoms with Gasteiger partial charge in [0.1, 0.15) is 5.75 Å². The largest absolute Gasteiger partial charge is 0.492 e. The average Bonchev–Trinajstić information content (AvgIpc) is 2.90. The predicted molar refractivity (Wildman–Crippen MR) is 89.9 cm³/mol. The molecule has 0 spiro atoms. The van der Waals surface area contributed by atoms with Gasteiger partial charge in [0.25, 0.3) is 0 Å². The summed E-state index contributed by atoms with van der Waals surface area (Å²) in [5.41, 5.74) is 5.63. The number of nitrogens with two attached hydrogens (primary N) is 1. The first-order chi connectivity index (χ1) is 9.65. The number of para-hydroxylation sites is 1. The third kappa shape index (κ3) is 5.16. The Morgan fingerprint density at radius 3 is 2.62 bits per heavy atom. The molecule has 1 amide bonds. The van der Waals surface area contributed by atoms with Gasteiger partial charge in [0, 0.05) is 6.54 Å². The van der Waals surface area contributed by atoms with E-state index < -0.39 is 0 Å². The zero-order chi connectivity index (χ0) is 14.4. The zero-order valence-corrected chi connectivity index (χ0v) is 14.3. The van der Waals surface area contributed by atoms with E-state index in [1.807, 2.05) is 24.3 Å². The molecule has 0 aromatic heterocycles. The lowest BCUT2D eigenvalue weighted by atomic mass is 9.98. The first kappa shape index (κ1) is 18.3. The van der Waals surface area contributed by atoms with E-state index in [-0.39, 0.29) is 23.9 Å². The monoisotopic (exact) mass is 376 g/mol. The molecule has 118 valence electrons. The summed E-state index contributed by atoms with van der Waals surface area (Å²) in [4.78, 5) is 12.0. The maximum absolute atomic E-state index is 12.0. The second kappa shape index (κ2) is 8.61. The fourth-order valence-electron chi connectivity index (χ4n) is 2.61. The molecule has 3 N–H and O–H groups in total. The van der Waals surface area contributed by atoms with Gasteiger partial charge in [-0.1, -0.05) is 25.0 Å².